The van der Waals surface area contributed by atoms with Crippen LogP contribution < -0.4 is 10.0 Å². The Labute approximate surface area is 169 Å². The molecule has 0 aromatic heterocycles. The summed E-state index contributed by atoms with van der Waals surface area (Å²) in [7, 11) is -4.01. The predicted octanol–water partition coefficient (Wildman–Crippen LogP) is 4.80. The van der Waals surface area contributed by atoms with E-state index >= 15 is 0 Å². The van der Waals surface area contributed by atoms with Gasteiger partial charge in [-0.3, -0.25) is 4.79 Å². The number of benzene rings is 3. The highest BCUT2D eigenvalue weighted by molar-refractivity contribution is 7.99. The van der Waals surface area contributed by atoms with Crippen molar-refractivity contribution in [2.24, 2.45) is 0 Å². The minimum absolute atomic E-state index is 0.0962. The van der Waals surface area contributed by atoms with Crippen molar-refractivity contribution in [2.45, 2.75) is 11.8 Å². The first-order valence-corrected chi connectivity index (χ1v) is 10.2. The van der Waals surface area contributed by atoms with Gasteiger partial charge in [-0.25, -0.2) is 4.39 Å². The van der Waals surface area contributed by atoms with Crippen LogP contribution in [-0.4, -0.2) is 10.5 Å². The summed E-state index contributed by atoms with van der Waals surface area (Å²) in [5, 5.41) is 2.62. The smallest absolute Gasteiger partial charge is 0.248 e. The van der Waals surface area contributed by atoms with E-state index in [-0.39, 0.29) is 10.6 Å². The van der Waals surface area contributed by atoms with Gasteiger partial charge >= 0.3 is 0 Å². The Balaban J connectivity index is 1.71. The van der Waals surface area contributed by atoms with Gasteiger partial charge in [0.05, 0.1) is 0 Å². The summed E-state index contributed by atoms with van der Waals surface area (Å²) in [4.78, 5) is 12.0. The number of carbonyl (C=O) groups is 1. The van der Waals surface area contributed by atoms with E-state index < -0.39 is 22.1 Å². The molecule has 1 amide bonds. The molecule has 0 radical (unpaired) electrons. The molecule has 7 heteroatoms. The minimum Gasteiger partial charge on any atom is -0.588 e. The maximum atomic E-state index is 13.7. The molecule has 3 aromatic carbocycles. The lowest BCUT2D eigenvalue weighted by Crippen LogP contribution is -2.22. The lowest BCUT2D eigenvalue weighted by atomic mass is 10.1. The number of aryl methyl sites for hydroxylation is 1. The molecular formula is C22H19FN2O3S. The molecule has 1 atom stereocenters. The number of carbonyl (C=O) groups excluding carboxylic acids is 1. The fourth-order valence-corrected chi connectivity index (χ4v) is 3.63. The summed E-state index contributed by atoms with van der Waals surface area (Å²) < 4.78 is 41.0. The second-order valence-corrected chi connectivity index (χ2v) is 8.03. The fraction of sp³-hybridized carbons (Fsp3) is 0.0455. The van der Waals surface area contributed by atoms with Gasteiger partial charge in [0.2, 0.25) is 5.91 Å². The standard InChI is InChI=1S/C22H19FN2O3S/c1-16-9-11-17(12-10-16)13-14-22(26)24-18-5-4-6-19(15-18)29(27,28)25-21-8-3-2-7-20(21)23/h2-15H,1H3,(H2-,24,25,26,27,28)/b14-13+. The second-order valence-electron chi connectivity index (χ2n) is 6.35. The van der Waals surface area contributed by atoms with Gasteiger partial charge in [-0.1, -0.05) is 52.2 Å². The first-order chi connectivity index (χ1) is 13.8. The number of amides is 1. The number of nitrogens with one attached hydrogen (secondary N) is 2. The van der Waals surface area contributed by atoms with E-state index in [1.54, 1.807) is 12.1 Å². The third-order valence-electron chi connectivity index (χ3n) is 4.03. The molecular weight excluding hydrogens is 391 g/mol. The van der Waals surface area contributed by atoms with E-state index in [0.717, 1.165) is 17.2 Å². The van der Waals surface area contributed by atoms with E-state index in [2.05, 4.69) is 10.0 Å². The van der Waals surface area contributed by atoms with Gasteiger partial charge in [-0.05, 0) is 42.8 Å². The maximum absolute atomic E-state index is 13.7. The van der Waals surface area contributed by atoms with Crippen LogP contribution in [0.15, 0.2) is 83.8 Å². The zero-order chi connectivity index (χ0) is 20.9. The quantitative estimate of drug-likeness (QED) is 0.452. The first-order valence-electron chi connectivity index (χ1n) is 8.77. The molecule has 5 nitrogen and oxygen atoms in total. The van der Waals surface area contributed by atoms with E-state index in [1.807, 2.05) is 31.2 Å². The van der Waals surface area contributed by atoms with Gasteiger partial charge in [0.25, 0.3) is 0 Å². The highest BCUT2D eigenvalue weighted by Crippen LogP contribution is 2.24. The molecule has 148 valence electrons. The van der Waals surface area contributed by atoms with Crippen molar-refractivity contribution < 1.29 is 17.9 Å². The summed E-state index contributed by atoms with van der Waals surface area (Å²) >= 11 is 0. The number of para-hydroxylation sites is 1. The number of sulfonamides is 1. The van der Waals surface area contributed by atoms with Gasteiger partial charge in [-0.15, -0.1) is 0 Å². The molecule has 0 aliphatic carbocycles. The number of anilines is 2. The van der Waals surface area contributed by atoms with E-state index in [9.17, 15) is 17.9 Å². The van der Waals surface area contributed by atoms with Gasteiger partial charge < -0.3 is 9.87 Å². The van der Waals surface area contributed by atoms with Crippen LogP contribution in [-0.2, 0) is 19.4 Å². The van der Waals surface area contributed by atoms with Gasteiger partial charge in [0, 0.05) is 17.8 Å². The molecule has 0 aliphatic heterocycles. The summed E-state index contributed by atoms with van der Waals surface area (Å²) in [6.07, 6.45) is 3.03. The minimum atomic E-state index is -4.01. The Hall–Kier alpha value is -3.29. The van der Waals surface area contributed by atoms with Crippen LogP contribution >= 0.6 is 0 Å². The number of hydrogen-bond acceptors (Lipinski definition) is 3. The lowest BCUT2D eigenvalue weighted by molar-refractivity contribution is -0.111. The monoisotopic (exact) mass is 410 g/mol. The molecule has 0 spiro atoms. The van der Waals surface area contributed by atoms with Crippen LogP contribution in [0.1, 0.15) is 11.1 Å². The molecule has 1 unspecified atom stereocenters. The Morgan fingerprint density at radius 1 is 1.03 bits per heavy atom. The second kappa shape index (κ2) is 8.81. The Morgan fingerprint density at radius 2 is 1.76 bits per heavy atom. The third kappa shape index (κ3) is 5.60. The normalized spacial score (nSPS) is 13.1. The first kappa shape index (κ1) is 20.4. The molecule has 29 heavy (non-hydrogen) atoms. The summed E-state index contributed by atoms with van der Waals surface area (Å²) in [6.45, 7) is 1.97. The molecule has 0 aliphatic rings. The fourth-order valence-electron chi connectivity index (χ4n) is 2.52. The predicted molar refractivity (Wildman–Crippen MR) is 112 cm³/mol. The van der Waals surface area contributed by atoms with Crippen molar-refractivity contribution in [1.82, 2.24) is 0 Å². The van der Waals surface area contributed by atoms with Crippen molar-refractivity contribution in [3.05, 3.63) is 95.8 Å². The van der Waals surface area contributed by atoms with Crippen molar-refractivity contribution in [2.75, 3.05) is 10.0 Å². The molecule has 0 bridgehead atoms. The Morgan fingerprint density at radius 3 is 2.48 bits per heavy atom. The van der Waals surface area contributed by atoms with Crippen molar-refractivity contribution >= 4 is 33.8 Å². The zero-order valence-corrected chi connectivity index (χ0v) is 16.4. The van der Waals surface area contributed by atoms with Crippen molar-refractivity contribution in [1.29, 1.82) is 0 Å². The van der Waals surface area contributed by atoms with E-state index in [4.69, 9.17) is 0 Å². The number of hydrogen-bond donors (Lipinski definition) is 2. The number of halogens is 1. The van der Waals surface area contributed by atoms with Crippen LogP contribution in [0.5, 0.6) is 0 Å². The van der Waals surface area contributed by atoms with Crippen LogP contribution in [0.3, 0.4) is 0 Å². The molecule has 3 aromatic rings. The number of rotatable bonds is 6. The van der Waals surface area contributed by atoms with Crippen LogP contribution in [0, 0.1) is 12.7 Å². The zero-order valence-electron chi connectivity index (χ0n) is 15.6. The average molecular weight is 410 g/mol. The average Bonchev–Trinajstić information content (AvgIpc) is 2.69. The lowest BCUT2D eigenvalue weighted by Gasteiger charge is -2.17. The van der Waals surface area contributed by atoms with Crippen LogP contribution in [0.4, 0.5) is 15.8 Å². The summed E-state index contributed by atoms with van der Waals surface area (Å²) in [5.41, 5.74) is 2.15. The molecule has 0 saturated heterocycles. The highest BCUT2D eigenvalue weighted by atomic mass is 32.3. The Kier molecular flexibility index (Phi) is 6.21. The van der Waals surface area contributed by atoms with Crippen molar-refractivity contribution in [3.8, 4) is 0 Å². The molecule has 2 N–H and O–H groups in total. The van der Waals surface area contributed by atoms with Gasteiger partial charge in [-0.2, -0.15) is 4.72 Å². The third-order valence-corrected chi connectivity index (χ3v) is 5.40. The van der Waals surface area contributed by atoms with Gasteiger partial charge in [0.15, 0.2) is 21.1 Å². The van der Waals surface area contributed by atoms with Crippen LogP contribution in [0.2, 0.25) is 0 Å². The summed E-state index contributed by atoms with van der Waals surface area (Å²) in [5.74, 6) is -1.08. The van der Waals surface area contributed by atoms with E-state index in [0.29, 0.717) is 5.69 Å². The maximum Gasteiger partial charge on any atom is 0.248 e. The molecule has 3 rings (SSSR count). The SMILES string of the molecule is Cc1ccc(/C=C/C(=O)Nc2cccc([S+](=O)([O-])Nc3ccccc3F)c2)cc1. The summed E-state index contributed by atoms with van der Waals surface area (Å²) in [6, 6.07) is 18.9. The Bertz CT molecular complexity index is 1100. The topological polar surface area (TPSA) is 81.3 Å². The largest absolute Gasteiger partial charge is 0.588 e. The van der Waals surface area contributed by atoms with E-state index in [1.165, 1.54) is 42.5 Å². The molecule has 0 saturated carbocycles. The van der Waals surface area contributed by atoms with Gasteiger partial charge in [0.1, 0.15) is 5.69 Å². The van der Waals surface area contributed by atoms with Crippen LogP contribution in [0.25, 0.3) is 6.08 Å². The highest BCUT2D eigenvalue weighted by Gasteiger charge is 2.22. The van der Waals surface area contributed by atoms with Crippen molar-refractivity contribution in [3.63, 3.8) is 0 Å². The molecule has 0 heterocycles. The molecule has 0 fully saturated rings.